The molecule has 1 saturated heterocycles. The van der Waals surface area contributed by atoms with Crippen molar-refractivity contribution in [2.75, 3.05) is 11.4 Å². The highest BCUT2D eigenvalue weighted by Crippen LogP contribution is 2.44. The van der Waals surface area contributed by atoms with Crippen LogP contribution in [0.15, 0.2) is 24.3 Å². The summed E-state index contributed by atoms with van der Waals surface area (Å²) in [4.78, 5) is 39.6. The Morgan fingerprint density at radius 1 is 1.32 bits per heavy atom. The van der Waals surface area contributed by atoms with Gasteiger partial charge in [-0.15, -0.1) is 0 Å². The zero-order valence-corrected chi connectivity index (χ0v) is 12.5. The van der Waals surface area contributed by atoms with Gasteiger partial charge in [0.15, 0.2) is 5.66 Å². The molecule has 0 N–H and O–H groups in total. The minimum Gasteiger partial charge on any atom is -0.545 e. The maximum Gasteiger partial charge on any atom is 0.258 e. The van der Waals surface area contributed by atoms with E-state index in [1.165, 1.54) is 9.80 Å². The summed E-state index contributed by atoms with van der Waals surface area (Å²) in [5.41, 5.74) is -0.984. The molecule has 0 radical (unpaired) electrons. The van der Waals surface area contributed by atoms with Crippen LogP contribution in [0.4, 0.5) is 5.69 Å². The lowest BCUT2D eigenvalue weighted by molar-refractivity contribution is -0.318. The number of benzene rings is 1. The number of aliphatic carboxylic acids is 1. The molecule has 2 heterocycles. The van der Waals surface area contributed by atoms with E-state index in [1.807, 2.05) is 13.8 Å². The van der Waals surface area contributed by atoms with Crippen molar-refractivity contribution in [3.05, 3.63) is 29.8 Å². The highest BCUT2D eigenvalue weighted by Gasteiger charge is 2.57. The van der Waals surface area contributed by atoms with E-state index >= 15 is 0 Å². The van der Waals surface area contributed by atoms with Crippen LogP contribution in [0, 0.1) is 5.92 Å². The first kappa shape index (κ1) is 14.6. The van der Waals surface area contributed by atoms with Crippen molar-refractivity contribution in [1.29, 1.82) is 0 Å². The number of carboxylic acids is 1. The second-order valence-electron chi connectivity index (χ2n) is 6.16. The van der Waals surface area contributed by atoms with Gasteiger partial charge in [-0.2, -0.15) is 0 Å². The van der Waals surface area contributed by atoms with E-state index in [4.69, 9.17) is 0 Å². The summed E-state index contributed by atoms with van der Waals surface area (Å²) < 4.78 is 0. The lowest BCUT2D eigenvalue weighted by Crippen LogP contribution is -2.71. The van der Waals surface area contributed by atoms with Crippen molar-refractivity contribution in [2.24, 2.45) is 5.92 Å². The van der Waals surface area contributed by atoms with Gasteiger partial charge in [0.1, 0.15) is 0 Å². The molecule has 0 spiro atoms. The maximum absolute atomic E-state index is 12.8. The molecule has 1 atom stereocenters. The maximum atomic E-state index is 12.8. The van der Waals surface area contributed by atoms with Crippen LogP contribution in [0.3, 0.4) is 0 Å². The van der Waals surface area contributed by atoms with E-state index in [1.54, 1.807) is 24.3 Å². The first-order valence-electron chi connectivity index (χ1n) is 7.35. The Kier molecular flexibility index (Phi) is 3.20. The molecule has 2 aliphatic heterocycles. The monoisotopic (exact) mass is 301 g/mol. The molecule has 22 heavy (non-hydrogen) atoms. The summed E-state index contributed by atoms with van der Waals surface area (Å²) in [7, 11) is 0. The molecule has 2 amide bonds. The highest BCUT2D eigenvalue weighted by atomic mass is 16.4. The molecule has 1 fully saturated rings. The number of para-hydroxylation sites is 1. The first-order chi connectivity index (χ1) is 10.4. The van der Waals surface area contributed by atoms with Crippen molar-refractivity contribution in [1.82, 2.24) is 4.90 Å². The molecule has 1 aromatic rings. The zero-order valence-electron chi connectivity index (χ0n) is 12.5. The minimum atomic E-state index is -1.70. The lowest BCUT2D eigenvalue weighted by atomic mass is 9.95. The van der Waals surface area contributed by atoms with Crippen molar-refractivity contribution in [3.8, 4) is 0 Å². The number of rotatable bonds is 3. The molecule has 0 unspecified atom stereocenters. The summed E-state index contributed by atoms with van der Waals surface area (Å²) in [5.74, 6) is -1.98. The van der Waals surface area contributed by atoms with Gasteiger partial charge in [0, 0.05) is 19.4 Å². The van der Waals surface area contributed by atoms with Crippen LogP contribution < -0.4 is 10.0 Å². The van der Waals surface area contributed by atoms with Crippen LogP contribution in [0.2, 0.25) is 0 Å². The van der Waals surface area contributed by atoms with Crippen molar-refractivity contribution < 1.29 is 19.5 Å². The molecule has 0 saturated carbocycles. The minimum absolute atomic E-state index is 0.0565. The topological polar surface area (TPSA) is 80.8 Å². The molecule has 6 nitrogen and oxygen atoms in total. The molecule has 6 heteroatoms. The van der Waals surface area contributed by atoms with Crippen LogP contribution in [0.5, 0.6) is 0 Å². The number of fused-ring (bicyclic) bond motifs is 3. The van der Waals surface area contributed by atoms with Gasteiger partial charge < -0.3 is 14.8 Å². The van der Waals surface area contributed by atoms with E-state index in [9.17, 15) is 19.5 Å². The zero-order chi connectivity index (χ0) is 16.1. The summed E-state index contributed by atoms with van der Waals surface area (Å²) in [6.07, 6.45) is 0.144. The van der Waals surface area contributed by atoms with Gasteiger partial charge in [0.2, 0.25) is 5.91 Å². The number of hydrogen-bond donors (Lipinski definition) is 0. The van der Waals surface area contributed by atoms with Crippen LogP contribution in [-0.4, -0.2) is 34.9 Å². The smallest absolute Gasteiger partial charge is 0.258 e. The van der Waals surface area contributed by atoms with Crippen molar-refractivity contribution in [2.45, 2.75) is 32.4 Å². The van der Waals surface area contributed by atoms with E-state index in [0.717, 1.165) is 0 Å². The Morgan fingerprint density at radius 3 is 2.64 bits per heavy atom. The predicted octanol–water partition coefficient (Wildman–Crippen LogP) is 0.371. The van der Waals surface area contributed by atoms with Crippen LogP contribution >= 0.6 is 0 Å². The summed E-state index contributed by atoms with van der Waals surface area (Å²) in [6.45, 7) is 4.06. The number of carboxylic acid groups (broad SMARTS) is 1. The van der Waals surface area contributed by atoms with E-state index < -0.39 is 11.6 Å². The number of carbonyl (C=O) groups is 3. The van der Waals surface area contributed by atoms with Gasteiger partial charge in [-0.3, -0.25) is 14.5 Å². The third-order valence-corrected chi connectivity index (χ3v) is 4.25. The summed E-state index contributed by atoms with van der Waals surface area (Å²) in [6, 6.07) is 6.63. The third kappa shape index (κ3) is 1.76. The molecule has 116 valence electrons. The highest BCUT2D eigenvalue weighted by molar-refractivity contribution is 6.15. The van der Waals surface area contributed by atoms with Crippen molar-refractivity contribution >= 4 is 23.5 Å². The molecular weight excluding hydrogens is 284 g/mol. The Labute approximate surface area is 128 Å². The molecular formula is C16H17N2O4-. The quantitative estimate of drug-likeness (QED) is 0.808. The number of nitrogens with zero attached hydrogens (tertiary/aromatic N) is 2. The van der Waals surface area contributed by atoms with Gasteiger partial charge in [-0.25, -0.2) is 0 Å². The second-order valence-corrected chi connectivity index (χ2v) is 6.16. The van der Waals surface area contributed by atoms with E-state index in [2.05, 4.69) is 0 Å². The molecule has 3 rings (SSSR count). The second kappa shape index (κ2) is 4.83. The fraction of sp³-hybridized carbons (Fsp3) is 0.438. The largest absolute Gasteiger partial charge is 0.545 e. The predicted molar refractivity (Wildman–Crippen MR) is 76.8 cm³/mol. The van der Waals surface area contributed by atoms with E-state index in [0.29, 0.717) is 11.3 Å². The van der Waals surface area contributed by atoms with Gasteiger partial charge in [-0.05, 0) is 18.1 Å². The molecule has 1 aromatic carbocycles. The molecule has 2 aliphatic rings. The summed E-state index contributed by atoms with van der Waals surface area (Å²) in [5, 5.41) is 12.0. The van der Waals surface area contributed by atoms with Gasteiger partial charge >= 0.3 is 0 Å². The number of hydrogen-bond acceptors (Lipinski definition) is 4. The fourth-order valence-electron chi connectivity index (χ4n) is 3.37. The average Bonchev–Trinajstić information content (AvgIpc) is 2.82. The molecule has 0 bridgehead atoms. The number of anilines is 1. The number of amides is 2. The van der Waals surface area contributed by atoms with Crippen LogP contribution in [-0.2, 0) is 9.59 Å². The summed E-state index contributed by atoms with van der Waals surface area (Å²) >= 11 is 0. The lowest BCUT2D eigenvalue weighted by Gasteiger charge is -2.51. The Bertz CT molecular complexity index is 670. The Balaban J connectivity index is 2.25. The van der Waals surface area contributed by atoms with Crippen LogP contribution in [0.25, 0.3) is 0 Å². The molecule has 0 aromatic heterocycles. The van der Waals surface area contributed by atoms with Crippen molar-refractivity contribution in [3.63, 3.8) is 0 Å². The Hall–Kier alpha value is -2.37. The van der Waals surface area contributed by atoms with Crippen LogP contribution in [0.1, 0.15) is 37.0 Å². The fourth-order valence-corrected chi connectivity index (χ4v) is 3.37. The van der Waals surface area contributed by atoms with Gasteiger partial charge in [0.25, 0.3) is 5.91 Å². The third-order valence-electron chi connectivity index (χ3n) is 4.25. The SMILES string of the molecule is CC(C)CN1C(=O)c2ccccc2N2C(=O)CC[C@@]12C(=O)[O-]. The van der Waals surface area contributed by atoms with E-state index in [-0.39, 0.29) is 37.1 Å². The average molecular weight is 301 g/mol. The normalized spacial score (nSPS) is 23.8. The Morgan fingerprint density at radius 2 is 2.00 bits per heavy atom. The standard InChI is InChI=1S/C16H18N2O4/c1-10(2)9-17-14(20)11-5-3-4-6-12(11)18-13(19)7-8-16(17,18)15(21)22/h3-6,10H,7-9H2,1-2H3,(H,21,22)/p-1/t16-/m1/s1. The van der Waals surface area contributed by atoms with Gasteiger partial charge in [-0.1, -0.05) is 26.0 Å². The number of carbonyl (C=O) groups excluding carboxylic acids is 3. The molecule has 0 aliphatic carbocycles. The van der Waals surface area contributed by atoms with Gasteiger partial charge in [0.05, 0.1) is 17.2 Å². The first-order valence-corrected chi connectivity index (χ1v) is 7.35.